The Bertz CT molecular complexity index is 758. The standard InChI is InChI=1S/C33H52FNO/c1-3-5-7-9-11-12-14-16-27-36-32-24-22-30(23-25-32)33-26-21-29(28-35-33)18-17-20-31(34)19-15-13-10-8-6-4-2/h21-26,28,31H,3-20,27H2,1-2H3. The summed E-state index contributed by atoms with van der Waals surface area (Å²) in [6.45, 7) is 5.28. The fraction of sp³-hybridized carbons (Fsp3) is 0.667. The van der Waals surface area contributed by atoms with Crippen molar-refractivity contribution in [2.24, 2.45) is 0 Å². The number of rotatable bonds is 22. The summed E-state index contributed by atoms with van der Waals surface area (Å²) in [4.78, 5) is 4.65. The van der Waals surface area contributed by atoms with Crippen LogP contribution in [0.5, 0.6) is 5.75 Å². The Labute approximate surface area is 221 Å². The molecular weight excluding hydrogens is 445 g/mol. The molecule has 0 fully saturated rings. The molecule has 0 saturated heterocycles. The van der Waals surface area contributed by atoms with Crippen molar-refractivity contribution in [2.45, 2.75) is 136 Å². The third-order valence-corrected chi connectivity index (χ3v) is 7.10. The van der Waals surface area contributed by atoms with E-state index in [1.165, 1.54) is 82.6 Å². The predicted molar refractivity (Wildman–Crippen MR) is 154 cm³/mol. The van der Waals surface area contributed by atoms with Crippen LogP contribution in [0, 0.1) is 0 Å². The zero-order chi connectivity index (χ0) is 25.7. The zero-order valence-corrected chi connectivity index (χ0v) is 23.3. The number of hydrogen-bond donors (Lipinski definition) is 0. The normalized spacial score (nSPS) is 12.1. The van der Waals surface area contributed by atoms with Gasteiger partial charge in [-0.05, 0) is 68.0 Å². The molecule has 36 heavy (non-hydrogen) atoms. The highest BCUT2D eigenvalue weighted by molar-refractivity contribution is 5.60. The van der Waals surface area contributed by atoms with E-state index in [1.54, 1.807) is 0 Å². The lowest BCUT2D eigenvalue weighted by molar-refractivity contribution is 0.282. The predicted octanol–water partition coefficient (Wildman–Crippen LogP) is 10.7. The zero-order valence-electron chi connectivity index (χ0n) is 23.3. The average molecular weight is 498 g/mol. The van der Waals surface area contributed by atoms with Crippen molar-refractivity contribution in [1.82, 2.24) is 4.98 Å². The lowest BCUT2D eigenvalue weighted by Gasteiger charge is -2.09. The summed E-state index contributed by atoms with van der Waals surface area (Å²) in [7, 11) is 0. The van der Waals surface area contributed by atoms with Crippen LogP contribution in [0.4, 0.5) is 4.39 Å². The van der Waals surface area contributed by atoms with Gasteiger partial charge in [0.25, 0.3) is 0 Å². The summed E-state index contributed by atoms with van der Waals surface area (Å²) < 4.78 is 20.1. The molecule has 0 aliphatic carbocycles. The summed E-state index contributed by atoms with van der Waals surface area (Å²) in [5, 5.41) is 0. The number of benzene rings is 1. The molecule has 1 aromatic heterocycles. The number of pyridine rings is 1. The highest BCUT2D eigenvalue weighted by Gasteiger charge is 2.07. The summed E-state index contributed by atoms with van der Waals surface area (Å²) in [6.07, 6.45) is 22.3. The molecule has 0 amide bonds. The van der Waals surface area contributed by atoms with E-state index in [9.17, 15) is 4.39 Å². The summed E-state index contributed by atoms with van der Waals surface area (Å²) >= 11 is 0. The lowest BCUT2D eigenvalue weighted by atomic mass is 10.0. The number of nitrogens with zero attached hydrogens (tertiary/aromatic N) is 1. The summed E-state index contributed by atoms with van der Waals surface area (Å²) in [6, 6.07) is 12.5. The second kappa shape index (κ2) is 20.2. The first-order valence-corrected chi connectivity index (χ1v) is 15.0. The maximum atomic E-state index is 14.2. The molecule has 1 heterocycles. The van der Waals surface area contributed by atoms with Crippen LogP contribution in [-0.2, 0) is 6.42 Å². The molecule has 3 heteroatoms. The van der Waals surface area contributed by atoms with Gasteiger partial charge in [-0.15, -0.1) is 0 Å². The Hall–Kier alpha value is -1.90. The van der Waals surface area contributed by atoms with Gasteiger partial charge in [0, 0.05) is 11.8 Å². The summed E-state index contributed by atoms with van der Waals surface area (Å²) in [5.74, 6) is 0.931. The number of hydrogen-bond acceptors (Lipinski definition) is 2. The molecule has 2 nitrogen and oxygen atoms in total. The van der Waals surface area contributed by atoms with Gasteiger partial charge in [-0.25, -0.2) is 4.39 Å². The Morgan fingerprint density at radius 2 is 1.25 bits per heavy atom. The monoisotopic (exact) mass is 497 g/mol. The van der Waals surface area contributed by atoms with Crippen LogP contribution in [0.25, 0.3) is 11.3 Å². The first-order chi connectivity index (χ1) is 17.7. The van der Waals surface area contributed by atoms with E-state index in [2.05, 4.69) is 43.1 Å². The molecule has 0 saturated carbocycles. The van der Waals surface area contributed by atoms with Crippen molar-refractivity contribution in [3.05, 3.63) is 48.2 Å². The van der Waals surface area contributed by atoms with Crippen LogP contribution in [0.15, 0.2) is 42.6 Å². The largest absolute Gasteiger partial charge is 0.494 e. The Kier molecular flexibility index (Phi) is 17.0. The number of ether oxygens (including phenoxy) is 1. The number of halogens is 1. The number of aromatic nitrogens is 1. The Morgan fingerprint density at radius 3 is 1.86 bits per heavy atom. The van der Waals surface area contributed by atoms with Crippen molar-refractivity contribution in [3.63, 3.8) is 0 Å². The molecule has 1 aromatic carbocycles. The minimum Gasteiger partial charge on any atom is -0.494 e. The second-order valence-corrected chi connectivity index (χ2v) is 10.4. The molecule has 2 rings (SSSR count). The molecule has 1 unspecified atom stereocenters. The smallest absolute Gasteiger partial charge is 0.119 e. The van der Waals surface area contributed by atoms with E-state index >= 15 is 0 Å². The van der Waals surface area contributed by atoms with Crippen molar-refractivity contribution in [3.8, 4) is 17.0 Å². The molecule has 0 radical (unpaired) electrons. The maximum Gasteiger partial charge on any atom is 0.119 e. The van der Waals surface area contributed by atoms with E-state index < -0.39 is 6.17 Å². The lowest BCUT2D eigenvalue weighted by Crippen LogP contribution is -2.01. The van der Waals surface area contributed by atoms with Gasteiger partial charge in [-0.3, -0.25) is 4.98 Å². The van der Waals surface area contributed by atoms with Crippen LogP contribution in [0.1, 0.15) is 129 Å². The van der Waals surface area contributed by atoms with Gasteiger partial charge in [0.05, 0.1) is 12.3 Å². The van der Waals surface area contributed by atoms with Gasteiger partial charge in [0.2, 0.25) is 0 Å². The van der Waals surface area contributed by atoms with Gasteiger partial charge in [0.1, 0.15) is 11.9 Å². The fourth-order valence-electron chi connectivity index (χ4n) is 4.71. The first-order valence-electron chi connectivity index (χ1n) is 15.0. The molecule has 1 atom stereocenters. The van der Waals surface area contributed by atoms with Gasteiger partial charge < -0.3 is 4.74 Å². The SMILES string of the molecule is CCCCCCCCCCOc1ccc(-c2ccc(CCCC(F)CCCCCCCC)cn2)cc1. The average Bonchev–Trinajstić information content (AvgIpc) is 2.90. The van der Waals surface area contributed by atoms with Gasteiger partial charge in [-0.1, -0.05) is 103 Å². The van der Waals surface area contributed by atoms with E-state index in [1.807, 2.05) is 18.3 Å². The van der Waals surface area contributed by atoms with Crippen molar-refractivity contribution >= 4 is 0 Å². The maximum absolute atomic E-state index is 14.2. The topological polar surface area (TPSA) is 22.1 Å². The van der Waals surface area contributed by atoms with E-state index in [4.69, 9.17) is 4.74 Å². The fourth-order valence-corrected chi connectivity index (χ4v) is 4.71. The van der Waals surface area contributed by atoms with Crippen LogP contribution in [-0.4, -0.2) is 17.8 Å². The van der Waals surface area contributed by atoms with Crippen molar-refractivity contribution in [1.29, 1.82) is 0 Å². The quantitative estimate of drug-likeness (QED) is 0.151. The highest BCUT2D eigenvalue weighted by Crippen LogP contribution is 2.22. The van der Waals surface area contributed by atoms with Crippen molar-refractivity contribution < 1.29 is 9.13 Å². The van der Waals surface area contributed by atoms with E-state index in [0.29, 0.717) is 6.42 Å². The van der Waals surface area contributed by atoms with E-state index in [0.717, 1.165) is 55.7 Å². The molecule has 2 aromatic rings. The van der Waals surface area contributed by atoms with Crippen molar-refractivity contribution in [2.75, 3.05) is 6.61 Å². The minimum absolute atomic E-state index is 0.653. The molecule has 0 aliphatic rings. The van der Waals surface area contributed by atoms with Crippen LogP contribution >= 0.6 is 0 Å². The third kappa shape index (κ3) is 14.0. The minimum atomic E-state index is -0.653. The van der Waals surface area contributed by atoms with Crippen LogP contribution in [0.3, 0.4) is 0 Å². The molecular formula is C33H52FNO. The van der Waals surface area contributed by atoms with Crippen LogP contribution in [0.2, 0.25) is 0 Å². The summed E-state index contributed by atoms with van der Waals surface area (Å²) in [5.41, 5.74) is 3.26. The molecule has 0 spiro atoms. The molecule has 0 N–H and O–H groups in total. The Balaban J connectivity index is 1.59. The molecule has 0 bridgehead atoms. The third-order valence-electron chi connectivity index (χ3n) is 7.10. The second-order valence-electron chi connectivity index (χ2n) is 10.4. The number of aryl methyl sites for hydroxylation is 1. The van der Waals surface area contributed by atoms with Gasteiger partial charge in [0.15, 0.2) is 0 Å². The van der Waals surface area contributed by atoms with Gasteiger partial charge in [-0.2, -0.15) is 0 Å². The highest BCUT2D eigenvalue weighted by atomic mass is 19.1. The number of alkyl halides is 1. The Morgan fingerprint density at radius 1 is 0.667 bits per heavy atom. The van der Waals surface area contributed by atoms with Gasteiger partial charge >= 0.3 is 0 Å². The van der Waals surface area contributed by atoms with E-state index in [-0.39, 0.29) is 0 Å². The molecule has 202 valence electrons. The number of unbranched alkanes of at least 4 members (excludes halogenated alkanes) is 12. The first kappa shape index (κ1) is 30.3. The van der Waals surface area contributed by atoms with Crippen LogP contribution < -0.4 is 4.74 Å². The molecule has 0 aliphatic heterocycles.